The van der Waals surface area contributed by atoms with Gasteiger partial charge in [-0.3, -0.25) is 0 Å². The van der Waals surface area contributed by atoms with E-state index in [0.717, 1.165) is 0 Å². The van der Waals surface area contributed by atoms with Crippen LogP contribution in [0.2, 0.25) is 0 Å². The normalized spacial score (nSPS) is 14.8. The molecule has 0 aliphatic rings. The SMILES string of the molecule is CC(O)CCNCCC(F)(F)F. The molecule has 5 heteroatoms. The summed E-state index contributed by atoms with van der Waals surface area (Å²) in [6, 6.07) is 0. The number of aliphatic hydroxyl groups excluding tert-OH is 1. The molecule has 0 heterocycles. The monoisotopic (exact) mass is 185 g/mol. The minimum Gasteiger partial charge on any atom is -0.393 e. The average Bonchev–Trinajstić information content (AvgIpc) is 1.83. The maximum Gasteiger partial charge on any atom is 0.390 e. The Morgan fingerprint density at radius 3 is 2.33 bits per heavy atom. The summed E-state index contributed by atoms with van der Waals surface area (Å²) in [5, 5.41) is 11.3. The summed E-state index contributed by atoms with van der Waals surface area (Å²) >= 11 is 0. The van der Waals surface area contributed by atoms with Crippen LogP contribution in [0.5, 0.6) is 0 Å². The van der Waals surface area contributed by atoms with Crippen molar-refractivity contribution in [1.82, 2.24) is 5.32 Å². The molecule has 0 spiro atoms. The molecule has 74 valence electrons. The Bertz CT molecular complexity index is 114. The summed E-state index contributed by atoms with van der Waals surface area (Å²) in [5.74, 6) is 0. The third kappa shape index (κ3) is 9.71. The van der Waals surface area contributed by atoms with Gasteiger partial charge in [0.25, 0.3) is 0 Å². The van der Waals surface area contributed by atoms with Crippen molar-refractivity contribution in [3.8, 4) is 0 Å². The minimum atomic E-state index is -4.09. The van der Waals surface area contributed by atoms with E-state index in [9.17, 15) is 13.2 Å². The Kier molecular flexibility index (Phi) is 5.24. The van der Waals surface area contributed by atoms with Gasteiger partial charge in [0.15, 0.2) is 0 Å². The second-order valence-electron chi connectivity index (χ2n) is 2.75. The fourth-order valence-corrected chi connectivity index (χ4v) is 0.666. The predicted molar refractivity (Wildman–Crippen MR) is 39.8 cm³/mol. The first-order valence-electron chi connectivity index (χ1n) is 3.87. The van der Waals surface area contributed by atoms with Crippen molar-refractivity contribution < 1.29 is 18.3 Å². The van der Waals surface area contributed by atoms with E-state index in [1.807, 2.05) is 0 Å². The van der Waals surface area contributed by atoms with E-state index in [-0.39, 0.29) is 6.54 Å². The van der Waals surface area contributed by atoms with E-state index < -0.39 is 18.7 Å². The van der Waals surface area contributed by atoms with Crippen LogP contribution in [-0.2, 0) is 0 Å². The van der Waals surface area contributed by atoms with Crippen LogP contribution in [-0.4, -0.2) is 30.5 Å². The first-order valence-corrected chi connectivity index (χ1v) is 3.87. The van der Waals surface area contributed by atoms with Crippen LogP contribution < -0.4 is 5.32 Å². The van der Waals surface area contributed by atoms with E-state index in [2.05, 4.69) is 5.32 Å². The van der Waals surface area contributed by atoms with Crippen molar-refractivity contribution in [2.45, 2.75) is 32.0 Å². The van der Waals surface area contributed by atoms with Gasteiger partial charge in [0.2, 0.25) is 0 Å². The number of rotatable bonds is 5. The molecule has 0 saturated carbocycles. The lowest BCUT2D eigenvalue weighted by Crippen LogP contribution is -2.24. The summed E-state index contributed by atoms with van der Waals surface area (Å²) < 4.78 is 34.7. The summed E-state index contributed by atoms with van der Waals surface area (Å²) in [5.41, 5.74) is 0. The quantitative estimate of drug-likeness (QED) is 0.633. The number of nitrogens with one attached hydrogen (secondary N) is 1. The van der Waals surface area contributed by atoms with Crippen LogP contribution >= 0.6 is 0 Å². The maximum atomic E-state index is 11.6. The van der Waals surface area contributed by atoms with Gasteiger partial charge in [0.1, 0.15) is 0 Å². The van der Waals surface area contributed by atoms with Crippen molar-refractivity contribution in [2.24, 2.45) is 0 Å². The third-order valence-electron chi connectivity index (χ3n) is 1.32. The highest BCUT2D eigenvalue weighted by Gasteiger charge is 2.25. The van der Waals surface area contributed by atoms with E-state index in [0.29, 0.717) is 13.0 Å². The summed E-state index contributed by atoms with van der Waals surface area (Å²) in [7, 11) is 0. The zero-order valence-electron chi connectivity index (χ0n) is 6.99. The van der Waals surface area contributed by atoms with Crippen molar-refractivity contribution in [3.05, 3.63) is 0 Å². The number of hydrogen-bond acceptors (Lipinski definition) is 2. The van der Waals surface area contributed by atoms with Gasteiger partial charge in [-0.25, -0.2) is 0 Å². The maximum absolute atomic E-state index is 11.6. The zero-order chi connectivity index (χ0) is 9.61. The van der Waals surface area contributed by atoms with Crippen LogP contribution in [0.25, 0.3) is 0 Å². The van der Waals surface area contributed by atoms with Crippen molar-refractivity contribution in [1.29, 1.82) is 0 Å². The molecule has 0 aromatic rings. The highest BCUT2D eigenvalue weighted by atomic mass is 19.4. The van der Waals surface area contributed by atoms with Crippen LogP contribution in [0.1, 0.15) is 19.8 Å². The highest BCUT2D eigenvalue weighted by molar-refractivity contribution is 4.56. The molecule has 0 aliphatic carbocycles. The second-order valence-corrected chi connectivity index (χ2v) is 2.75. The van der Waals surface area contributed by atoms with Crippen LogP contribution in [0.4, 0.5) is 13.2 Å². The molecule has 0 aromatic heterocycles. The Labute approximate surface area is 69.8 Å². The standard InChI is InChI=1S/C7H14F3NO/c1-6(12)2-4-11-5-3-7(8,9)10/h6,11-12H,2-5H2,1H3. The lowest BCUT2D eigenvalue weighted by molar-refractivity contribution is -0.133. The lowest BCUT2D eigenvalue weighted by atomic mass is 10.3. The van der Waals surface area contributed by atoms with Crippen LogP contribution in [0, 0.1) is 0 Å². The minimum absolute atomic E-state index is 0.0732. The Morgan fingerprint density at radius 1 is 1.33 bits per heavy atom. The third-order valence-corrected chi connectivity index (χ3v) is 1.32. The topological polar surface area (TPSA) is 32.3 Å². The van der Waals surface area contributed by atoms with Gasteiger partial charge in [0, 0.05) is 6.54 Å². The number of aliphatic hydroxyl groups is 1. The molecule has 0 fully saturated rings. The molecule has 0 aliphatic heterocycles. The molecule has 0 saturated heterocycles. The molecule has 12 heavy (non-hydrogen) atoms. The van der Waals surface area contributed by atoms with Gasteiger partial charge in [0.05, 0.1) is 12.5 Å². The highest BCUT2D eigenvalue weighted by Crippen LogP contribution is 2.17. The van der Waals surface area contributed by atoms with E-state index in [1.54, 1.807) is 6.92 Å². The molecule has 1 atom stereocenters. The van der Waals surface area contributed by atoms with Gasteiger partial charge in [-0.1, -0.05) is 0 Å². The van der Waals surface area contributed by atoms with Crippen molar-refractivity contribution in [3.63, 3.8) is 0 Å². The second kappa shape index (κ2) is 5.37. The fraction of sp³-hybridized carbons (Fsp3) is 1.00. The summed E-state index contributed by atoms with van der Waals surface area (Å²) in [6.45, 7) is 1.95. The Balaban J connectivity index is 3.12. The molecule has 2 N–H and O–H groups in total. The predicted octanol–water partition coefficient (Wildman–Crippen LogP) is 1.30. The Morgan fingerprint density at radius 2 is 1.92 bits per heavy atom. The van der Waals surface area contributed by atoms with Crippen molar-refractivity contribution in [2.75, 3.05) is 13.1 Å². The van der Waals surface area contributed by atoms with Gasteiger partial charge in [-0.15, -0.1) is 0 Å². The largest absolute Gasteiger partial charge is 0.393 e. The van der Waals surface area contributed by atoms with Crippen LogP contribution in [0.3, 0.4) is 0 Å². The molecule has 0 aromatic carbocycles. The number of alkyl halides is 3. The smallest absolute Gasteiger partial charge is 0.390 e. The number of halogens is 3. The average molecular weight is 185 g/mol. The van der Waals surface area contributed by atoms with E-state index in [1.165, 1.54) is 0 Å². The first-order chi connectivity index (χ1) is 5.42. The Hall–Kier alpha value is -0.290. The number of hydrogen-bond donors (Lipinski definition) is 2. The van der Waals surface area contributed by atoms with E-state index in [4.69, 9.17) is 5.11 Å². The van der Waals surface area contributed by atoms with Gasteiger partial charge < -0.3 is 10.4 Å². The fourth-order valence-electron chi connectivity index (χ4n) is 0.666. The molecular weight excluding hydrogens is 171 g/mol. The first kappa shape index (κ1) is 11.7. The molecule has 0 bridgehead atoms. The van der Waals surface area contributed by atoms with Gasteiger partial charge >= 0.3 is 6.18 Å². The van der Waals surface area contributed by atoms with E-state index >= 15 is 0 Å². The zero-order valence-corrected chi connectivity index (χ0v) is 6.99. The molecule has 0 amide bonds. The van der Waals surface area contributed by atoms with Crippen LogP contribution in [0.15, 0.2) is 0 Å². The molecule has 2 nitrogen and oxygen atoms in total. The van der Waals surface area contributed by atoms with Gasteiger partial charge in [-0.05, 0) is 19.9 Å². The molecule has 1 unspecified atom stereocenters. The summed E-state index contributed by atoms with van der Waals surface area (Å²) in [4.78, 5) is 0. The van der Waals surface area contributed by atoms with Crippen molar-refractivity contribution >= 4 is 0 Å². The molecule has 0 radical (unpaired) electrons. The van der Waals surface area contributed by atoms with Gasteiger partial charge in [-0.2, -0.15) is 13.2 Å². The lowest BCUT2D eigenvalue weighted by Gasteiger charge is -2.08. The molecule has 0 rings (SSSR count). The summed E-state index contributed by atoms with van der Waals surface area (Å²) in [6.07, 6.45) is -4.87. The molecular formula is C7H14F3NO.